The molecule has 0 bridgehead atoms. The highest BCUT2D eigenvalue weighted by atomic mass is 31.2. The van der Waals surface area contributed by atoms with Crippen LogP contribution in [0, 0.1) is 11.3 Å². The van der Waals surface area contributed by atoms with E-state index in [0.29, 0.717) is 6.42 Å². The van der Waals surface area contributed by atoms with E-state index in [1.54, 1.807) is 0 Å². The number of hydrogen-bond acceptors (Lipinski definition) is 4. The van der Waals surface area contributed by atoms with Crippen molar-refractivity contribution in [2.75, 3.05) is 6.16 Å². The summed E-state index contributed by atoms with van der Waals surface area (Å²) in [4.78, 5) is 32.2. The van der Waals surface area contributed by atoms with Crippen molar-refractivity contribution in [1.29, 1.82) is 5.41 Å². The van der Waals surface area contributed by atoms with Gasteiger partial charge >= 0.3 is 13.7 Å². The molecule has 6 heteroatoms. The summed E-state index contributed by atoms with van der Waals surface area (Å²) in [6, 6.07) is 18.6. The SMILES string of the molecule is N=C(CCc1ccccc1)[P+](O)(O)C[C@H](Cc1ccccc1)C(=O)O. The van der Waals surface area contributed by atoms with Gasteiger partial charge in [0.25, 0.3) is 0 Å². The van der Waals surface area contributed by atoms with Crippen LogP contribution in [0.2, 0.25) is 0 Å². The molecule has 0 saturated carbocycles. The zero-order valence-electron chi connectivity index (χ0n) is 13.9. The normalized spacial score (nSPS) is 12.6. The quantitative estimate of drug-likeness (QED) is 0.407. The van der Waals surface area contributed by atoms with E-state index in [2.05, 4.69) is 0 Å². The molecule has 5 nitrogen and oxygen atoms in total. The van der Waals surface area contributed by atoms with Gasteiger partial charge in [0.15, 0.2) is 0 Å². The molecule has 0 amide bonds. The molecule has 0 radical (unpaired) electrons. The van der Waals surface area contributed by atoms with Crippen molar-refractivity contribution < 1.29 is 19.7 Å². The fourth-order valence-electron chi connectivity index (χ4n) is 2.63. The first-order chi connectivity index (χ1) is 11.9. The number of carbonyl (C=O) groups is 1. The Morgan fingerprint density at radius 1 is 0.960 bits per heavy atom. The lowest BCUT2D eigenvalue weighted by Gasteiger charge is -2.18. The molecule has 2 aromatic rings. The Morgan fingerprint density at radius 2 is 1.48 bits per heavy atom. The van der Waals surface area contributed by atoms with E-state index in [9.17, 15) is 19.7 Å². The Balaban J connectivity index is 1.98. The topological polar surface area (TPSA) is 102 Å². The summed E-state index contributed by atoms with van der Waals surface area (Å²) in [6.07, 6.45) is 0.650. The maximum atomic E-state index is 11.5. The van der Waals surface area contributed by atoms with Gasteiger partial charge in [0.05, 0.1) is 5.92 Å². The number of rotatable bonds is 9. The lowest BCUT2D eigenvalue weighted by molar-refractivity contribution is -0.141. The second-order valence-electron chi connectivity index (χ2n) is 6.07. The van der Waals surface area contributed by atoms with Gasteiger partial charge in [-0.1, -0.05) is 60.7 Å². The number of hydrogen-bond donors (Lipinski definition) is 4. The predicted molar refractivity (Wildman–Crippen MR) is 100.0 cm³/mol. The van der Waals surface area contributed by atoms with Crippen LogP contribution in [0.4, 0.5) is 0 Å². The molecule has 0 aliphatic rings. The molecule has 2 aromatic carbocycles. The second kappa shape index (κ2) is 8.86. The zero-order valence-corrected chi connectivity index (χ0v) is 14.8. The van der Waals surface area contributed by atoms with Gasteiger partial charge < -0.3 is 5.11 Å². The van der Waals surface area contributed by atoms with Gasteiger partial charge in [0.2, 0.25) is 5.45 Å². The third kappa shape index (κ3) is 6.05. The molecule has 4 N–H and O–H groups in total. The smallest absolute Gasteiger partial charge is 0.314 e. The summed E-state index contributed by atoms with van der Waals surface area (Å²) in [7, 11) is -3.72. The van der Waals surface area contributed by atoms with Crippen molar-refractivity contribution in [2.45, 2.75) is 19.3 Å². The van der Waals surface area contributed by atoms with Gasteiger partial charge in [-0.05, 0) is 24.0 Å². The lowest BCUT2D eigenvalue weighted by atomic mass is 10.0. The molecular formula is C19H23NO4P+. The van der Waals surface area contributed by atoms with Crippen LogP contribution in [0.1, 0.15) is 17.5 Å². The summed E-state index contributed by atoms with van der Waals surface area (Å²) in [5.74, 6) is -2.00. The Bertz CT molecular complexity index is 704. The van der Waals surface area contributed by atoms with Crippen molar-refractivity contribution in [3.63, 3.8) is 0 Å². The fourth-order valence-corrected chi connectivity index (χ4v) is 4.22. The first-order valence-corrected chi connectivity index (χ1v) is 9.98. The van der Waals surface area contributed by atoms with Gasteiger partial charge in [0, 0.05) is 6.42 Å². The minimum absolute atomic E-state index is 0.157. The maximum Gasteiger partial charge on any atom is 0.314 e. The average molecular weight is 360 g/mol. The van der Waals surface area contributed by atoms with E-state index >= 15 is 0 Å². The molecule has 0 unspecified atom stereocenters. The number of carboxylic acid groups (broad SMARTS) is 1. The van der Waals surface area contributed by atoms with Gasteiger partial charge in [-0.2, -0.15) is 0 Å². The third-order valence-corrected chi connectivity index (χ3v) is 6.11. The van der Waals surface area contributed by atoms with Crippen molar-refractivity contribution in [2.24, 2.45) is 5.92 Å². The van der Waals surface area contributed by atoms with E-state index in [4.69, 9.17) is 5.41 Å². The van der Waals surface area contributed by atoms with Crippen LogP contribution < -0.4 is 0 Å². The number of aliphatic carboxylic acids is 1. The molecular weight excluding hydrogens is 337 g/mol. The van der Waals surface area contributed by atoms with Crippen molar-refractivity contribution in [3.8, 4) is 0 Å². The molecule has 25 heavy (non-hydrogen) atoms. The van der Waals surface area contributed by atoms with E-state index < -0.39 is 19.6 Å². The van der Waals surface area contributed by atoms with Crippen LogP contribution >= 0.6 is 7.72 Å². The Morgan fingerprint density at radius 3 is 2.00 bits per heavy atom. The molecule has 0 fully saturated rings. The Kier molecular flexibility index (Phi) is 6.82. The lowest BCUT2D eigenvalue weighted by Crippen LogP contribution is -2.24. The maximum absolute atomic E-state index is 11.5. The molecule has 0 heterocycles. The molecule has 2 rings (SSSR count). The van der Waals surface area contributed by atoms with Crippen LogP contribution in [0.15, 0.2) is 60.7 Å². The number of aryl methyl sites for hydroxylation is 1. The molecule has 0 aliphatic heterocycles. The zero-order chi connectivity index (χ0) is 18.3. The number of carboxylic acids is 1. The Hall–Kier alpha value is -2.07. The van der Waals surface area contributed by atoms with Gasteiger partial charge in [0.1, 0.15) is 6.16 Å². The summed E-state index contributed by atoms with van der Waals surface area (Å²) >= 11 is 0. The van der Waals surface area contributed by atoms with Crippen molar-refractivity contribution >= 4 is 19.1 Å². The first kappa shape index (κ1) is 19.3. The molecule has 132 valence electrons. The number of benzene rings is 2. The van der Waals surface area contributed by atoms with Crippen molar-refractivity contribution in [3.05, 3.63) is 71.8 Å². The minimum Gasteiger partial charge on any atom is -0.481 e. The number of nitrogens with one attached hydrogen (secondary N) is 1. The van der Waals surface area contributed by atoms with Crippen LogP contribution in [0.5, 0.6) is 0 Å². The summed E-state index contributed by atoms with van der Waals surface area (Å²) in [5, 5.41) is 17.4. The predicted octanol–water partition coefficient (Wildman–Crippen LogP) is 3.37. The van der Waals surface area contributed by atoms with Gasteiger partial charge in [-0.25, -0.2) is 9.79 Å². The minimum atomic E-state index is -3.72. The summed E-state index contributed by atoms with van der Waals surface area (Å²) < 4.78 is 0. The second-order valence-corrected chi connectivity index (χ2v) is 8.44. The first-order valence-electron chi connectivity index (χ1n) is 8.10. The summed E-state index contributed by atoms with van der Waals surface area (Å²) in [5.41, 5.74) is 1.67. The highest BCUT2D eigenvalue weighted by Crippen LogP contribution is 2.54. The van der Waals surface area contributed by atoms with Crippen molar-refractivity contribution in [1.82, 2.24) is 0 Å². The fraction of sp³-hybridized carbons (Fsp3) is 0.263. The molecule has 0 saturated heterocycles. The van der Waals surface area contributed by atoms with Gasteiger partial charge in [-0.3, -0.25) is 10.2 Å². The average Bonchev–Trinajstić information content (AvgIpc) is 2.60. The molecule has 0 spiro atoms. The monoisotopic (exact) mass is 360 g/mol. The van der Waals surface area contributed by atoms with Crippen LogP contribution in [0.3, 0.4) is 0 Å². The summed E-state index contributed by atoms with van der Waals surface area (Å²) in [6.45, 7) is 0. The standard InChI is InChI=1S/C19H22NO4P/c20-18(12-11-15-7-3-1-4-8-15)25(23,24)14-17(19(21)22)13-16-9-5-2-6-10-16/h1-10,17,20,23-24H,11-14H2/p+1/t17-/m0/s1. The highest BCUT2D eigenvalue weighted by molar-refractivity contribution is 7.81. The largest absolute Gasteiger partial charge is 0.481 e. The molecule has 0 aliphatic carbocycles. The van der Waals surface area contributed by atoms with E-state index in [1.807, 2.05) is 60.7 Å². The third-order valence-electron chi connectivity index (χ3n) is 4.07. The highest BCUT2D eigenvalue weighted by Gasteiger charge is 2.44. The molecule has 0 aromatic heterocycles. The van der Waals surface area contributed by atoms with Crippen LogP contribution in [-0.2, 0) is 17.6 Å². The molecule has 1 atom stereocenters. The van der Waals surface area contributed by atoms with E-state index in [1.165, 1.54) is 0 Å². The van der Waals surface area contributed by atoms with E-state index in [0.717, 1.165) is 11.1 Å². The van der Waals surface area contributed by atoms with E-state index in [-0.39, 0.29) is 24.5 Å². The van der Waals surface area contributed by atoms with Crippen LogP contribution in [0.25, 0.3) is 0 Å². The van der Waals surface area contributed by atoms with Crippen LogP contribution in [-0.4, -0.2) is 32.5 Å². The Labute approximate surface area is 148 Å². The van der Waals surface area contributed by atoms with Gasteiger partial charge in [-0.15, -0.1) is 0 Å².